The Bertz CT molecular complexity index is 420. The minimum absolute atomic E-state index is 0.0250. The Hall–Kier alpha value is -1.42. The standard InChI is InChI=1S/C13H16FNO2/c1-17-7-3-2-4-10-11-8-9(14)5-6-12(11)15-13(10)16/h5-6,8,10H,2-4,7H2,1H3,(H,15,16). The van der Waals surface area contributed by atoms with Crippen LogP contribution >= 0.6 is 0 Å². The molecule has 1 N–H and O–H groups in total. The molecule has 1 heterocycles. The topological polar surface area (TPSA) is 38.3 Å². The summed E-state index contributed by atoms with van der Waals surface area (Å²) < 4.78 is 18.1. The van der Waals surface area contributed by atoms with E-state index in [9.17, 15) is 9.18 Å². The molecule has 3 nitrogen and oxygen atoms in total. The van der Waals surface area contributed by atoms with Gasteiger partial charge >= 0.3 is 0 Å². The molecule has 0 aromatic heterocycles. The number of methoxy groups -OCH3 is 1. The van der Waals surface area contributed by atoms with Crippen LogP contribution in [0.25, 0.3) is 0 Å². The number of benzene rings is 1. The van der Waals surface area contributed by atoms with E-state index in [1.807, 2.05) is 0 Å². The van der Waals surface area contributed by atoms with Gasteiger partial charge in [0.15, 0.2) is 0 Å². The van der Waals surface area contributed by atoms with Crippen LogP contribution in [0.3, 0.4) is 0 Å². The second-order valence-electron chi connectivity index (χ2n) is 4.26. The van der Waals surface area contributed by atoms with Gasteiger partial charge in [-0.1, -0.05) is 6.42 Å². The number of carbonyl (C=O) groups is 1. The van der Waals surface area contributed by atoms with Gasteiger partial charge in [-0.3, -0.25) is 4.79 Å². The van der Waals surface area contributed by atoms with Gasteiger partial charge in [0.1, 0.15) is 5.82 Å². The molecule has 17 heavy (non-hydrogen) atoms. The van der Waals surface area contributed by atoms with Crippen molar-refractivity contribution in [3.63, 3.8) is 0 Å². The van der Waals surface area contributed by atoms with Crippen molar-refractivity contribution in [1.82, 2.24) is 0 Å². The van der Waals surface area contributed by atoms with E-state index in [1.54, 1.807) is 13.2 Å². The third-order valence-corrected chi connectivity index (χ3v) is 3.05. The van der Waals surface area contributed by atoms with Crippen LogP contribution in [0.1, 0.15) is 30.7 Å². The number of amides is 1. The number of halogens is 1. The Kier molecular flexibility index (Phi) is 3.74. The van der Waals surface area contributed by atoms with Gasteiger partial charge < -0.3 is 10.1 Å². The van der Waals surface area contributed by atoms with Crippen molar-refractivity contribution in [3.8, 4) is 0 Å². The van der Waals surface area contributed by atoms with E-state index < -0.39 is 0 Å². The SMILES string of the molecule is COCCCCC1C(=O)Nc2ccc(F)cc21. The molecule has 0 bridgehead atoms. The van der Waals surface area contributed by atoms with Crippen LogP contribution in [0.5, 0.6) is 0 Å². The summed E-state index contributed by atoms with van der Waals surface area (Å²) in [5, 5.41) is 2.78. The van der Waals surface area contributed by atoms with E-state index in [2.05, 4.69) is 5.32 Å². The Morgan fingerprint density at radius 1 is 1.41 bits per heavy atom. The summed E-state index contributed by atoms with van der Waals surface area (Å²) in [6, 6.07) is 4.44. The molecule has 1 unspecified atom stereocenters. The van der Waals surface area contributed by atoms with Crippen molar-refractivity contribution in [2.75, 3.05) is 19.0 Å². The van der Waals surface area contributed by atoms with Crippen LogP contribution in [0, 0.1) is 5.82 Å². The first-order valence-corrected chi connectivity index (χ1v) is 5.81. The van der Waals surface area contributed by atoms with Gasteiger partial charge in [0, 0.05) is 19.4 Å². The lowest BCUT2D eigenvalue weighted by Gasteiger charge is -2.08. The van der Waals surface area contributed by atoms with Crippen molar-refractivity contribution in [1.29, 1.82) is 0 Å². The van der Waals surface area contributed by atoms with Crippen molar-refractivity contribution < 1.29 is 13.9 Å². The monoisotopic (exact) mass is 237 g/mol. The number of hydrogen-bond donors (Lipinski definition) is 1. The lowest BCUT2D eigenvalue weighted by atomic mass is 9.95. The zero-order valence-electron chi connectivity index (χ0n) is 9.83. The van der Waals surface area contributed by atoms with Gasteiger partial charge in [-0.05, 0) is 36.6 Å². The van der Waals surface area contributed by atoms with Gasteiger partial charge in [0.2, 0.25) is 5.91 Å². The maximum Gasteiger partial charge on any atom is 0.232 e. The van der Waals surface area contributed by atoms with Crippen molar-refractivity contribution >= 4 is 11.6 Å². The fourth-order valence-corrected chi connectivity index (χ4v) is 2.18. The molecule has 1 aromatic carbocycles. The Balaban J connectivity index is 2.03. The highest BCUT2D eigenvalue weighted by molar-refractivity contribution is 6.02. The van der Waals surface area contributed by atoms with E-state index in [1.165, 1.54) is 12.1 Å². The van der Waals surface area contributed by atoms with E-state index in [0.29, 0.717) is 6.61 Å². The van der Waals surface area contributed by atoms with Gasteiger partial charge in [0.05, 0.1) is 5.92 Å². The summed E-state index contributed by atoms with van der Waals surface area (Å²) in [7, 11) is 1.66. The molecule has 0 fully saturated rings. The van der Waals surface area contributed by atoms with Crippen LogP contribution in [0.4, 0.5) is 10.1 Å². The molecule has 0 aliphatic carbocycles. The van der Waals surface area contributed by atoms with E-state index >= 15 is 0 Å². The number of ether oxygens (including phenoxy) is 1. The fourth-order valence-electron chi connectivity index (χ4n) is 2.18. The van der Waals surface area contributed by atoms with Crippen LogP contribution in [-0.2, 0) is 9.53 Å². The number of unbranched alkanes of at least 4 members (excludes halogenated alkanes) is 1. The maximum atomic E-state index is 13.1. The highest BCUT2D eigenvalue weighted by Gasteiger charge is 2.30. The van der Waals surface area contributed by atoms with Crippen molar-refractivity contribution in [3.05, 3.63) is 29.6 Å². The van der Waals surface area contributed by atoms with Gasteiger partial charge in [-0.2, -0.15) is 0 Å². The number of anilines is 1. The molecule has 0 saturated carbocycles. The summed E-state index contributed by atoms with van der Waals surface area (Å²) >= 11 is 0. The smallest absolute Gasteiger partial charge is 0.232 e. The minimum atomic E-state index is -0.290. The van der Waals surface area contributed by atoms with E-state index in [0.717, 1.165) is 30.5 Å². The first-order chi connectivity index (χ1) is 8.22. The van der Waals surface area contributed by atoms with Gasteiger partial charge in [0.25, 0.3) is 0 Å². The van der Waals surface area contributed by atoms with Crippen LogP contribution in [-0.4, -0.2) is 19.6 Å². The van der Waals surface area contributed by atoms with Crippen molar-refractivity contribution in [2.24, 2.45) is 0 Å². The third-order valence-electron chi connectivity index (χ3n) is 3.05. The predicted octanol–water partition coefficient (Wildman–Crippen LogP) is 2.68. The summed E-state index contributed by atoms with van der Waals surface area (Å²) in [5.74, 6) is -0.525. The van der Waals surface area contributed by atoms with E-state index in [-0.39, 0.29) is 17.6 Å². The average Bonchev–Trinajstić information content (AvgIpc) is 2.61. The highest BCUT2D eigenvalue weighted by Crippen LogP contribution is 2.35. The first kappa shape index (κ1) is 12.0. The van der Waals surface area contributed by atoms with Crippen molar-refractivity contribution in [2.45, 2.75) is 25.2 Å². The first-order valence-electron chi connectivity index (χ1n) is 5.81. The minimum Gasteiger partial charge on any atom is -0.385 e. The summed E-state index contributed by atoms with van der Waals surface area (Å²) in [4.78, 5) is 11.7. The fraction of sp³-hybridized carbons (Fsp3) is 0.462. The zero-order chi connectivity index (χ0) is 12.3. The maximum absolute atomic E-state index is 13.1. The molecule has 92 valence electrons. The average molecular weight is 237 g/mol. The van der Waals surface area contributed by atoms with Crippen LogP contribution in [0.2, 0.25) is 0 Å². The normalized spacial score (nSPS) is 18.0. The third kappa shape index (κ3) is 2.64. The predicted molar refractivity (Wildman–Crippen MR) is 63.5 cm³/mol. The molecule has 0 spiro atoms. The number of carbonyl (C=O) groups excluding carboxylic acids is 1. The van der Waals surface area contributed by atoms with Gasteiger partial charge in [-0.15, -0.1) is 0 Å². The lowest BCUT2D eigenvalue weighted by molar-refractivity contribution is -0.117. The molecule has 2 rings (SSSR count). The Labute approximate surface area is 100.0 Å². The number of fused-ring (bicyclic) bond motifs is 1. The quantitative estimate of drug-likeness (QED) is 0.799. The molecule has 1 aliphatic rings. The summed E-state index contributed by atoms with van der Waals surface area (Å²) in [6.45, 7) is 0.699. The van der Waals surface area contributed by atoms with Crippen LogP contribution < -0.4 is 5.32 Å². The molecule has 0 radical (unpaired) electrons. The molecular formula is C13H16FNO2. The molecule has 1 amide bonds. The molecule has 0 saturated heterocycles. The van der Waals surface area contributed by atoms with Crippen LogP contribution in [0.15, 0.2) is 18.2 Å². The van der Waals surface area contributed by atoms with E-state index in [4.69, 9.17) is 4.74 Å². The zero-order valence-corrected chi connectivity index (χ0v) is 9.83. The summed E-state index contributed by atoms with van der Waals surface area (Å²) in [6.07, 6.45) is 2.57. The summed E-state index contributed by atoms with van der Waals surface area (Å²) in [5.41, 5.74) is 1.53. The Morgan fingerprint density at radius 2 is 2.24 bits per heavy atom. The van der Waals surface area contributed by atoms with Gasteiger partial charge in [-0.25, -0.2) is 4.39 Å². The molecule has 1 atom stereocenters. The largest absolute Gasteiger partial charge is 0.385 e. The molecule has 4 heteroatoms. The molecular weight excluding hydrogens is 221 g/mol. The molecule has 1 aromatic rings. The second kappa shape index (κ2) is 5.27. The number of hydrogen-bond acceptors (Lipinski definition) is 2. The number of nitrogens with one attached hydrogen (secondary N) is 1. The second-order valence-corrected chi connectivity index (χ2v) is 4.26. The highest BCUT2D eigenvalue weighted by atomic mass is 19.1. The Morgan fingerprint density at radius 3 is 3.00 bits per heavy atom. The number of rotatable bonds is 5. The molecule has 1 aliphatic heterocycles. The lowest BCUT2D eigenvalue weighted by Crippen LogP contribution is -2.12.